The summed E-state index contributed by atoms with van der Waals surface area (Å²) in [6, 6.07) is 0. The van der Waals surface area contributed by atoms with Gasteiger partial charge in [0, 0.05) is 6.54 Å². The fourth-order valence-electron chi connectivity index (χ4n) is 4.76. The van der Waals surface area contributed by atoms with Gasteiger partial charge in [-0.05, 0) is 51.6 Å². The second kappa shape index (κ2) is 9.19. The summed E-state index contributed by atoms with van der Waals surface area (Å²) >= 11 is 0. The lowest BCUT2D eigenvalue weighted by atomic mass is 9.64. The maximum Gasteiger partial charge on any atom is 0.312 e. The molecule has 24 heavy (non-hydrogen) atoms. The van der Waals surface area contributed by atoms with Gasteiger partial charge in [-0.15, -0.1) is 0 Å². The van der Waals surface area contributed by atoms with Gasteiger partial charge in [0.05, 0.1) is 11.5 Å². The predicted molar refractivity (Wildman–Crippen MR) is 96.8 cm³/mol. The summed E-state index contributed by atoms with van der Waals surface area (Å²) in [5.74, 6) is -0.210. The molecule has 0 radical (unpaired) electrons. The summed E-state index contributed by atoms with van der Waals surface area (Å²) in [6.45, 7) is 8.93. The first kappa shape index (κ1) is 19.7. The van der Waals surface area contributed by atoms with Crippen molar-refractivity contribution in [1.82, 2.24) is 4.90 Å². The molecule has 3 atom stereocenters. The van der Waals surface area contributed by atoms with E-state index < -0.39 is 5.60 Å². The van der Waals surface area contributed by atoms with E-state index in [9.17, 15) is 9.90 Å². The summed E-state index contributed by atoms with van der Waals surface area (Å²) < 4.78 is 5.77. The SMILES string of the molecule is CCN(CC)C[C@@H](C)OC(=O)[C@@H]1CCCC[C@@]1(O)C1CCCCC1. The van der Waals surface area contributed by atoms with Gasteiger partial charge in [0.2, 0.25) is 0 Å². The third-order valence-electron chi connectivity index (χ3n) is 6.25. The Labute approximate surface area is 147 Å². The zero-order valence-corrected chi connectivity index (χ0v) is 15.9. The number of esters is 1. The number of hydrogen-bond donors (Lipinski definition) is 1. The van der Waals surface area contributed by atoms with Crippen molar-refractivity contribution in [1.29, 1.82) is 0 Å². The fraction of sp³-hybridized carbons (Fsp3) is 0.950. The van der Waals surface area contributed by atoms with E-state index in [0.29, 0.717) is 0 Å². The van der Waals surface area contributed by atoms with Crippen LogP contribution in [-0.4, -0.2) is 47.3 Å². The zero-order valence-electron chi connectivity index (χ0n) is 15.9. The van der Waals surface area contributed by atoms with Crippen molar-refractivity contribution in [3.63, 3.8) is 0 Å². The van der Waals surface area contributed by atoms with E-state index in [1.807, 2.05) is 6.92 Å². The van der Waals surface area contributed by atoms with Crippen LogP contribution in [0.1, 0.15) is 78.6 Å². The highest BCUT2D eigenvalue weighted by atomic mass is 16.5. The molecule has 0 heterocycles. The minimum Gasteiger partial charge on any atom is -0.461 e. The minimum absolute atomic E-state index is 0.116. The highest BCUT2D eigenvalue weighted by Gasteiger charge is 2.49. The molecule has 0 unspecified atom stereocenters. The Hall–Kier alpha value is -0.610. The van der Waals surface area contributed by atoms with E-state index in [4.69, 9.17) is 4.74 Å². The normalized spacial score (nSPS) is 30.3. The Kier molecular flexibility index (Phi) is 7.55. The minimum atomic E-state index is -0.829. The topological polar surface area (TPSA) is 49.8 Å². The standard InChI is InChI=1S/C20H37NO3/c1-4-21(5-2)15-16(3)24-19(22)18-13-9-10-14-20(18,23)17-11-7-6-8-12-17/h16-18,23H,4-15H2,1-3H3/t16-,18+,20-/m1/s1. The van der Waals surface area contributed by atoms with Crippen LogP contribution in [-0.2, 0) is 9.53 Å². The van der Waals surface area contributed by atoms with Crippen LogP contribution < -0.4 is 0 Å². The molecular formula is C20H37NO3. The summed E-state index contributed by atoms with van der Waals surface area (Å²) in [7, 11) is 0. The first-order valence-corrected chi connectivity index (χ1v) is 10.2. The van der Waals surface area contributed by atoms with Crippen LogP contribution >= 0.6 is 0 Å². The van der Waals surface area contributed by atoms with Gasteiger partial charge in [-0.3, -0.25) is 4.79 Å². The number of nitrogens with zero attached hydrogens (tertiary/aromatic N) is 1. The number of ether oxygens (including phenoxy) is 1. The van der Waals surface area contributed by atoms with Gasteiger partial charge < -0.3 is 14.7 Å². The Morgan fingerprint density at radius 3 is 2.38 bits per heavy atom. The van der Waals surface area contributed by atoms with Crippen molar-refractivity contribution in [3.8, 4) is 0 Å². The Balaban J connectivity index is 1.99. The van der Waals surface area contributed by atoms with Crippen LogP contribution in [0.15, 0.2) is 0 Å². The van der Waals surface area contributed by atoms with Gasteiger partial charge in [-0.2, -0.15) is 0 Å². The molecule has 4 heteroatoms. The number of carbonyl (C=O) groups excluding carboxylic acids is 1. The number of carbonyl (C=O) groups is 1. The predicted octanol–water partition coefficient (Wildman–Crippen LogP) is 3.76. The van der Waals surface area contributed by atoms with Crippen molar-refractivity contribution in [2.45, 2.75) is 90.3 Å². The van der Waals surface area contributed by atoms with Crippen LogP contribution in [0.5, 0.6) is 0 Å². The smallest absolute Gasteiger partial charge is 0.312 e. The van der Waals surface area contributed by atoms with Gasteiger partial charge in [0.15, 0.2) is 0 Å². The largest absolute Gasteiger partial charge is 0.461 e. The molecule has 0 aromatic rings. The zero-order chi connectivity index (χ0) is 17.6. The summed E-state index contributed by atoms with van der Waals surface area (Å²) in [5, 5.41) is 11.4. The molecule has 140 valence electrons. The summed E-state index contributed by atoms with van der Waals surface area (Å²) in [5.41, 5.74) is -0.829. The second-order valence-electron chi connectivity index (χ2n) is 7.86. The lowest BCUT2D eigenvalue weighted by Crippen LogP contribution is -2.52. The maximum absolute atomic E-state index is 12.8. The van der Waals surface area contributed by atoms with Gasteiger partial charge in [0.1, 0.15) is 6.10 Å². The van der Waals surface area contributed by atoms with Crippen LogP contribution in [0.25, 0.3) is 0 Å². The van der Waals surface area contributed by atoms with E-state index in [2.05, 4.69) is 18.7 Å². The first-order chi connectivity index (χ1) is 11.5. The molecule has 0 amide bonds. The molecule has 2 aliphatic carbocycles. The number of aliphatic hydroxyl groups is 1. The number of likely N-dealkylation sites (N-methyl/N-ethyl adjacent to an activating group) is 1. The molecule has 0 spiro atoms. The third-order valence-corrected chi connectivity index (χ3v) is 6.25. The first-order valence-electron chi connectivity index (χ1n) is 10.2. The number of hydrogen-bond acceptors (Lipinski definition) is 4. The van der Waals surface area contributed by atoms with Crippen LogP contribution in [0, 0.1) is 11.8 Å². The Morgan fingerprint density at radius 1 is 1.12 bits per heavy atom. The molecule has 0 aromatic heterocycles. The highest BCUT2D eigenvalue weighted by molar-refractivity contribution is 5.74. The van der Waals surface area contributed by atoms with E-state index in [1.165, 1.54) is 19.3 Å². The van der Waals surface area contributed by atoms with Gasteiger partial charge in [0.25, 0.3) is 0 Å². The lowest BCUT2D eigenvalue weighted by molar-refractivity contribution is -0.176. The van der Waals surface area contributed by atoms with Crippen LogP contribution in [0.3, 0.4) is 0 Å². The Morgan fingerprint density at radius 2 is 1.75 bits per heavy atom. The Bertz CT molecular complexity index is 390. The monoisotopic (exact) mass is 339 g/mol. The van der Waals surface area contributed by atoms with E-state index >= 15 is 0 Å². The molecule has 1 N–H and O–H groups in total. The molecule has 2 saturated carbocycles. The molecule has 0 saturated heterocycles. The van der Waals surface area contributed by atoms with Crippen molar-refractivity contribution in [2.75, 3.05) is 19.6 Å². The highest BCUT2D eigenvalue weighted by Crippen LogP contribution is 2.45. The molecule has 2 rings (SSSR count). The van der Waals surface area contributed by atoms with Crippen molar-refractivity contribution in [3.05, 3.63) is 0 Å². The van der Waals surface area contributed by atoms with Crippen LogP contribution in [0.2, 0.25) is 0 Å². The van der Waals surface area contributed by atoms with Crippen molar-refractivity contribution < 1.29 is 14.6 Å². The molecule has 0 aromatic carbocycles. The van der Waals surface area contributed by atoms with Crippen molar-refractivity contribution in [2.24, 2.45) is 11.8 Å². The van der Waals surface area contributed by atoms with Gasteiger partial charge in [-0.1, -0.05) is 46.0 Å². The van der Waals surface area contributed by atoms with Gasteiger partial charge >= 0.3 is 5.97 Å². The summed E-state index contributed by atoms with van der Waals surface area (Å²) in [6.07, 6.45) is 9.26. The average molecular weight is 340 g/mol. The van der Waals surface area contributed by atoms with Crippen molar-refractivity contribution >= 4 is 5.97 Å². The second-order valence-corrected chi connectivity index (χ2v) is 7.86. The number of rotatable bonds is 7. The van der Waals surface area contributed by atoms with E-state index in [1.54, 1.807) is 0 Å². The fourth-order valence-corrected chi connectivity index (χ4v) is 4.76. The molecule has 0 bridgehead atoms. The van der Waals surface area contributed by atoms with Gasteiger partial charge in [-0.25, -0.2) is 0 Å². The van der Waals surface area contributed by atoms with E-state index in [-0.39, 0.29) is 23.9 Å². The average Bonchev–Trinajstić information content (AvgIpc) is 2.60. The van der Waals surface area contributed by atoms with E-state index in [0.717, 1.165) is 58.2 Å². The maximum atomic E-state index is 12.8. The molecule has 2 fully saturated rings. The summed E-state index contributed by atoms with van der Waals surface area (Å²) in [4.78, 5) is 15.1. The molecule has 4 nitrogen and oxygen atoms in total. The van der Waals surface area contributed by atoms with Crippen LogP contribution in [0.4, 0.5) is 0 Å². The quantitative estimate of drug-likeness (QED) is 0.718. The molecule has 0 aliphatic heterocycles. The third kappa shape index (κ3) is 4.72. The molecule has 2 aliphatic rings. The molecular weight excluding hydrogens is 302 g/mol. The lowest BCUT2D eigenvalue weighted by Gasteiger charge is -2.45.